The number of methoxy groups -OCH3 is 2. The van der Waals surface area contributed by atoms with Crippen LogP contribution in [0.1, 0.15) is 125 Å². The Labute approximate surface area is 336 Å². The molecule has 294 valence electrons. The molecule has 0 aliphatic carbocycles. The quantitative estimate of drug-likeness (QED) is 0.0837. The first-order chi connectivity index (χ1) is 27.8. The largest absolute Gasteiger partial charge is 0.465 e. The van der Waals surface area contributed by atoms with E-state index in [0.717, 1.165) is 119 Å². The van der Waals surface area contributed by atoms with E-state index in [0.29, 0.717) is 16.8 Å². The van der Waals surface area contributed by atoms with Gasteiger partial charge in [0.2, 0.25) is 0 Å². The number of hydrogen-bond donors (Lipinski definition) is 2. The number of aromatic amines is 1. The maximum absolute atomic E-state index is 12.4. The van der Waals surface area contributed by atoms with Gasteiger partial charge in [0.05, 0.1) is 48.1 Å². The molecular weight excluding hydrogens is 709 g/mol. The summed E-state index contributed by atoms with van der Waals surface area (Å²) in [5.74, 6) is -0.771. The van der Waals surface area contributed by atoms with E-state index >= 15 is 0 Å². The molecule has 0 unspecified atom stereocenters. The molecule has 2 aromatic carbocycles. The maximum atomic E-state index is 12.4. The van der Waals surface area contributed by atoms with Gasteiger partial charge in [0, 0.05) is 33.4 Å². The summed E-state index contributed by atoms with van der Waals surface area (Å²) in [4.78, 5) is 39.1. The van der Waals surface area contributed by atoms with Gasteiger partial charge in [-0.15, -0.1) is 0 Å². The zero-order valence-electron chi connectivity index (χ0n) is 33.9. The van der Waals surface area contributed by atoms with Crippen molar-refractivity contribution in [3.63, 3.8) is 0 Å². The molecule has 8 heteroatoms. The van der Waals surface area contributed by atoms with E-state index in [1.807, 2.05) is 36.4 Å². The van der Waals surface area contributed by atoms with Crippen LogP contribution in [0, 0.1) is 6.92 Å². The lowest BCUT2D eigenvalue weighted by atomic mass is 9.99. The average Bonchev–Trinajstić information content (AvgIpc) is 4.03. The van der Waals surface area contributed by atoms with Crippen LogP contribution in [0.3, 0.4) is 0 Å². The number of ether oxygens (including phenoxy) is 2. The standard InChI is InChI=1S/C49H54N4O4/c1-6-8-10-12-14-37-32(3)16-25-39(50)46(33-17-21-35(22-18-33)48(54)56-4)43-29-27-41(52-43)38(15-13-11-9-7-2)42-28-31-45(53-42)47(44-30-26-40(37)51-44)34-19-23-36(24-20-34)49(55)57-5/h16-31,53H,6-15,50H2,1-5H3. The number of carbonyl (C=O) groups is 2. The van der Waals surface area contributed by atoms with Crippen LogP contribution in [-0.4, -0.2) is 41.1 Å². The van der Waals surface area contributed by atoms with E-state index in [1.165, 1.54) is 32.6 Å². The average molecular weight is 763 g/mol. The van der Waals surface area contributed by atoms with Gasteiger partial charge in [0.1, 0.15) is 0 Å². The fourth-order valence-corrected chi connectivity index (χ4v) is 7.53. The number of rotatable bonds is 14. The van der Waals surface area contributed by atoms with Crippen LogP contribution in [0.15, 0.2) is 72.8 Å². The van der Waals surface area contributed by atoms with Crippen molar-refractivity contribution in [1.29, 1.82) is 0 Å². The van der Waals surface area contributed by atoms with Crippen molar-refractivity contribution in [3.8, 4) is 22.3 Å². The minimum atomic E-state index is -0.395. The van der Waals surface area contributed by atoms with Gasteiger partial charge < -0.3 is 20.2 Å². The molecule has 2 aromatic heterocycles. The number of carbonyl (C=O) groups excluding carboxylic acids is 2. The number of aryl methyl sites for hydroxylation is 2. The predicted octanol–water partition coefficient (Wildman–Crippen LogP) is 11.8. The molecule has 6 bridgehead atoms. The minimum Gasteiger partial charge on any atom is -0.465 e. The minimum absolute atomic E-state index is 0.377. The van der Waals surface area contributed by atoms with Crippen LogP contribution in [0.2, 0.25) is 0 Å². The summed E-state index contributed by atoms with van der Waals surface area (Å²) in [6.07, 6.45) is 19.0. The number of fused-ring (bicyclic) bond motifs is 6. The zero-order valence-corrected chi connectivity index (χ0v) is 33.9. The molecule has 0 radical (unpaired) electrons. The Balaban J connectivity index is 1.68. The van der Waals surface area contributed by atoms with Gasteiger partial charge in [0.15, 0.2) is 0 Å². The molecule has 2 aliphatic rings. The van der Waals surface area contributed by atoms with Crippen LogP contribution in [-0.2, 0) is 22.3 Å². The molecular formula is C49H54N4O4. The van der Waals surface area contributed by atoms with Crippen LogP contribution in [0.4, 0.5) is 5.69 Å². The third kappa shape index (κ3) is 9.51. The zero-order chi connectivity index (χ0) is 40.3. The smallest absolute Gasteiger partial charge is 0.337 e. The highest BCUT2D eigenvalue weighted by atomic mass is 16.5. The molecule has 2 aliphatic heterocycles. The lowest BCUT2D eigenvalue weighted by Crippen LogP contribution is -2.00. The van der Waals surface area contributed by atoms with Gasteiger partial charge in [-0.1, -0.05) is 82.7 Å². The normalized spacial score (nSPS) is 11.7. The highest BCUT2D eigenvalue weighted by Crippen LogP contribution is 2.35. The lowest BCUT2D eigenvalue weighted by Gasteiger charge is -2.08. The molecule has 3 N–H and O–H groups in total. The van der Waals surface area contributed by atoms with Crippen molar-refractivity contribution in [2.75, 3.05) is 20.0 Å². The summed E-state index contributed by atoms with van der Waals surface area (Å²) in [5, 5.41) is 0. The summed E-state index contributed by atoms with van der Waals surface area (Å²) in [5.41, 5.74) is 20.7. The Morgan fingerprint density at radius 1 is 0.561 bits per heavy atom. The van der Waals surface area contributed by atoms with Crippen molar-refractivity contribution in [2.45, 2.75) is 85.0 Å². The Morgan fingerprint density at radius 2 is 1.04 bits per heavy atom. The summed E-state index contributed by atoms with van der Waals surface area (Å²) in [6.45, 7) is 6.57. The van der Waals surface area contributed by atoms with Crippen LogP contribution in [0.5, 0.6) is 0 Å². The van der Waals surface area contributed by atoms with Crippen LogP contribution in [0.25, 0.3) is 57.6 Å². The van der Waals surface area contributed by atoms with E-state index in [-0.39, 0.29) is 5.97 Å². The number of esters is 2. The van der Waals surface area contributed by atoms with Crippen molar-refractivity contribution in [1.82, 2.24) is 15.0 Å². The first kappa shape index (κ1) is 40.6. The Morgan fingerprint density at radius 3 is 1.58 bits per heavy atom. The molecule has 4 aromatic rings. The molecule has 57 heavy (non-hydrogen) atoms. The molecule has 0 spiro atoms. The van der Waals surface area contributed by atoms with Gasteiger partial charge in [-0.2, -0.15) is 0 Å². The first-order valence-electron chi connectivity index (χ1n) is 20.2. The Hall–Kier alpha value is -6.02. The SMILES string of the molecule is CCCCCCc1c(C)ccc(N)c(-c2ccc(C(=O)OC)cc2)c2nc(c(CCCCCC)c3ccc([nH]3)c(-c3ccc(C(=O)OC)cc3)c3nc1C=C3)C=C2. The fourth-order valence-electron chi connectivity index (χ4n) is 7.53. The van der Waals surface area contributed by atoms with Crippen molar-refractivity contribution >= 4 is 53.0 Å². The summed E-state index contributed by atoms with van der Waals surface area (Å²) < 4.78 is 9.96. The molecule has 0 amide bonds. The highest BCUT2D eigenvalue weighted by Gasteiger charge is 2.18. The number of nitrogen functional groups attached to an aromatic ring is 1. The van der Waals surface area contributed by atoms with Gasteiger partial charge in [-0.05, 0) is 122 Å². The highest BCUT2D eigenvalue weighted by molar-refractivity contribution is 5.95. The molecule has 0 saturated carbocycles. The van der Waals surface area contributed by atoms with Crippen molar-refractivity contribution in [2.24, 2.45) is 0 Å². The van der Waals surface area contributed by atoms with Gasteiger partial charge >= 0.3 is 11.9 Å². The summed E-state index contributed by atoms with van der Waals surface area (Å²) in [6, 6.07) is 23.2. The second-order valence-electron chi connectivity index (χ2n) is 14.7. The van der Waals surface area contributed by atoms with E-state index in [2.05, 4.69) is 62.2 Å². The summed E-state index contributed by atoms with van der Waals surface area (Å²) >= 11 is 0. The topological polar surface area (TPSA) is 120 Å². The second kappa shape index (κ2) is 19.2. The molecule has 6 rings (SSSR count). The third-order valence-electron chi connectivity index (χ3n) is 10.7. The Kier molecular flexibility index (Phi) is 13.7. The molecule has 0 saturated heterocycles. The van der Waals surface area contributed by atoms with Gasteiger partial charge in [0.25, 0.3) is 0 Å². The number of hydrogen-bond acceptors (Lipinski definition) is 7. The number of H-pyrrole nitrogens is 1. The fraction of sp³-hybridized carbons (Fsp3) is 0.306. The van der Waals surface area contributed by atoms with Crippen LogP contribution >= 0.6 is 0 Å². The first-order valence-corrected chi connectivity index (χ1v) is 20.2. The third-order valence-corrected chi connectivity index (χ3v) is 10.7. The molecule has 4 heterocycles. The number of anilines is 1. The van der Waals surface area contributed by atoms with E-state index in [1.54, 1.807) is 24.3 Å². The van der Waals surface area contributed by atoms with Crippen LogP contribution < -0.4 is 5.73 Å². The summed E-state index contributed by atoms with van der Waals surface area (Å²) in [7, 11) is 2.78. The van der Waals surface area contributed by atoms with Crippen molar-refractivity contribution in [3.05, 3.63) is 123 Å². The predicted molar refractivity (Wildman–Crippen MR) is 234 cm³/mol. The van der Waals surface area contributed by atoms with E-state index < -0.39 is 5.97 Å². The number of aromatic nitrogens is 3. The number of nitrogens with two attached hydrogens (primary N) is 1. The molecule has 0 fully saturated rings. The second-order valence-corrected chi connectivity index (χ2v) is 14.7. The maximum Gasteiger partial charge on any atom is 0.337 e. The monoisotopic (exact) mass is 762 g/mol. The van der Waals surface area contributed by atoms with Crippen molar-refractivity contribution < 1.29 is 19.1 Å². The van der Waals surface area contributed by atoms with Gasteiger partial charge in [-0.25, -0.2) is 19.6 Å². The molecule has 8 nitrogen and oxygen atoms in total. The lowest BCUT2D eigenvalue weighted by molar-refractivity contribution is 0.0592. The van der Waals surface area contributed by atoms with E-state index in [4.69, 9.17) is 25.2 Å². The van der Waals surface area contributed by atoms with E-state index in [9.17, 15) is 9.59 Å². The number of nitrogens with zero attached hydrogens (tertiary/aromatic N) is 2. The number of benzene rings is 2. The Bertz CT molecular complexity index is 2350. The van der Waals surface area contributed by atoms with Gasteiger partial charge in [-0.3, -0.25) is 0 Å². The number of nitrogens with one attached hydrogen (secondary N) is 1. The number of unbranched alkanes of at least 4 members (excludes halogenated alkanes) is 6. The molecule has 0 atom stereocenters.